The summed E-state index contributed by atoms with van der Waals surface area (Å²) in [7, 11) is 1.49. The highest BCUT2D eigenvalue weighted by Crippen LogP contribution is 2.40. The highest BCUT2D eigenvalue weighted by Gasteiger charge is 2.45. The van der Waals surface area contributed by atoms with Crippen molar-refractivity contribution in [2.75, 3.05) is 7.11 Å². The first-order valence-corrected chi connectivity index (χ1v) is 5.69. The number of rotatable bonds is 5. The van der Waals surface area contributed by atoms with Crippen LogP contribution in [0.1, 0.15) is 28.8 Å². The van der Waals surface area contributed by atoms with Gasteiger partial charge in [0.2, 0.25) is 0 Å². The van der Waals surface area contributed by atoms with E-state index in [-0.39, 0.29) is 18.3 Å². The molecule has 1 aromatic rings. The van der Waals surface area contributed by atoms with E-state index in [2.05, 4.69) is 0 Å². The van der Waals surface area contributed by atoms with Crippen molar-refractivity contribution in [2.24, 2.45) is 11.7 Å². The summed E-state index contributed by atoms with van der Waals surface area (Å²) >= 11 is 0. The van der Waals surface area contributed by atoms with Gasteiger partial charge in [-0.05, 0) is 18.8 Å². The van der Waals surface area contributed by atoms with Crippen molar-refractivity contribution in [2.45, 2.75) is 24.7 Å². The van der Waals surface area contributed by atoms with Crippen LogP contribution in [0.4, 0.5) is 0 Å². The lowest BCUT2D eigenvalue weighted by atomic mass is 9.94. The minimum Gasteiger partial charge on any atom is -0.388 e. The summed E-state index contributed by atoms with van der Waals surface area (Å²) in [6.07, 6.45) is 2.02. The number of hydrogen-bond donors (Lipinski definition) is 2. The minimum absolute atomic E-state index is 0. The SMILES string of the molecule is CO[C@@](N)(c1ccc(C=O)cc1)[C@@H](O)C1CC1.Cl. The molecule has 0 radical (unpaired) electrons. The number of ether oxygens (including phenoxy) is 1. The molecule has 1 saturated carbocycles. The average Bonchev–Trinajstić information content (AvgIpc) is 3.21. The molecule has 100 valence electrons. The largest absolute Gasteiger partial charge is 0.388 e. The van der Waals surface area contributed by atoms with Crippen molar-refractivity contribution in [1.82, 2.24) is 0 Å². The number of aldehydes is 1. The molecule has 0 unspecified atom stereocenters. The Kier molecular flexibility index (Phi) is 4.87. The van der Waals surface area contributed by atoms with Crippen molar-refractivity contribution in [1.29, 1.82) is 0 Å². The number of benzene rings is 1. The van der Waals surface area contributed by atoms with Crippen LogP contribution in [0.3, 0.4) is 0 Å². The van der Waals surface area contributed by atoms with Crippen molar-refractivity contribution in [3.63, 3.8) is 0 Å². The number of halogens is 1. The lowest BCUT2D eigenvalue weighted by Crippen LogP contribution is -2.50. The molecule has 0 saturated heterocycles. The molecule has 2 atom stereocenters. The molecule has 5 heteroatoms. The van der Waals surface area contributed by atoms with Crippen LogP contribution in [0.15, 0.2) is 24.3 Å². The van der Waals surface area contributed by atoms with Crippen LogP contribution >= 0.6 is 12.4 Å². The highest BCUT2D eigenvalue weighted by atomic mass is 35.5. The van der Waals surface area contributed by atoms with Crippen molar-refractivity contribution >= 4 is 18.7 Å². The smallest absolute Gasteiger partial charge is 0.168 e. The number of carbonyl (C=O) groups is 1. The number of carbonyl (C=O) groups excluding carboxylic acids is 1. The van der Waals surface area contributed by atoms with Gasteiger partial charge in [0, 0.05) is 18.2 Å². The van der Waals surface area contributed by atoms with E-state index in [9.17, 15) is 9.90 Å². The molecule has 18 heavy (non-hydrogen) atoms. The summed E-state index contributed by atoms with van der Waals surface area (Å²) in [5, 5.41) is 10.2. The normalized spacial score (nSPS) is 19.5. The maximum atomic E-state index is 10.6. The lowest BCUT2D eigenvalue weighted by molar-refractivity contribution is -0.113. The standard InChI is InChI=1S/C13H17NO3.ClH/c1-17-13(14,12(16)10-4-5-10)11-6-2-9(8-15)3-7-11;/h2-3,6-8,10,12,16H,4-5,14H2,1H3;1H/t12-,13-;/m0./s1. The zero-order valence-corrected chi connectivity index (χ0v) is 11.0. The third-order valence-corrected chi connectivity index (χ3v) is 3.34. The summed E-state index contributed by atoms with van der Waals surface area (Å²) in [4.78, 5) is 10.6. The van der Waals surface area contributed by atoms with Gasteiger partial charge in [-0.1, -0.05) is 24.3 Å². The van der Waals surface area contributed by atoms with E-state index in [1.807, 2.05) is 0 Å². The van der Waals surface area contributed by atoms with E-state index >= 15 is 0 Å². The van der Waals surface area contributed by atoms with Gasteiger partial charge in [-0.2, -0.15) is 0 Å². The molecule has 1 aromatic carbocycles. The number of aliphatic hydroxyl groups is 1. The molecule has 1 aliphatic rings. The van der Waals surface area contributed by atoms with Crippen LogP contribution in [0.25, 0.3) is 0 Å². The van der Waals surface area contributed by atoms with Gasteiger partial charge in [-0.3, -0.25) is 10.5 Å². The maximum absolute atomic E-state index is 10.6. The topological polar surface area (TPSA) is 72.5 Å². The lowest BCUT2D eigenvalue weighted by Gasteiger charge is -2.33. The molecule has 1 fully saturated rings. The Morgan fingerprint density at radius 3 is 2.39 bits per heavy atom. The van der Waals surface area contributed by atoms with Crippen molar-refractivity contribution in [3.05, 3.63) is 35.4 Å². The monoisotopic (exact) mass is 271 g/mol. The number of aliphatic hydroxyl groups excluding tert-OH is 1. The third-order valence-electron chi connectivity index (χ3n) is 3.34. The van der Waals surface area contributed by atoms with Gasteiger partial charge in [0.1, 0.15) is 12.4 Å². The fourth-order valence-electron chi connectivity index (χ4n) is 1.99. The van der Waals surface area contributed by atoms with Gasteiger partial charge in [0.05, 0.1) is 0 Å². The van der Waals surface area contributed by atoms with Crippen LogP contribution < -0.4 is 5.73 Å². The van der Waals surface area contributed by atoms with Gasteiger partial charge in [-0.25, -0.2) is 0 Å². The number of nitrogens with two attached hydrogens (primary N) is 1. The second kappa shape index (κ2) is 5.80. The molecule has 3 N–H and O–H groups in total. The van der Waals surface area contributed by atoms with Crippen LogP contribution in [0, 0.1) is 5.92 Å². The van der Waals surface area contributed by atoms with E-state index in [1.54, 1.807) is 24.3 Å². The molecule has 4 nitrogen and oxygen atoms in total. The zero-order valence-electron chi connectivity index (χ0n) is 10.2. The molecule has 0 aliphatic heterocycles. The van der Waals surface area contributed by atoms with Gasteiger partial charge in [0.15, 0.2) is 5.72 Å². The summed E-state index contributed by atoms with van der Waals surface area (Å²) in [5.41, 5.74) is 6.20. The summed E-state index contributed by atoms with van der Waals surface area (Å²) in [6.45, 7) is 0. The summed E-state index contributed by atoms with van der Waals surface area (Å²) in [5.74, 6) is 0.214. The molecule has 2 rings (SSSR count). The van der Waals surface area contributed by atoms with Crippen LogP contribution in [0.5, 0.6) is 0 Å². The van der Waals surface area contributed by atoms with E-state index in [0.29, 0.717) is 11.1 Å². The average molecular weight is 272 g/mol. The molecule has 0 amide bonds. The van der Waals surface area contributed by atoms with E-state index in [4.69, 9.17) is 10.5 Å². The molecule has 0 spiro atoms. The second-order valence-electron chi connectivity index (χ2n) is 4.52. The van der Waals surface area contributed by atoms with Gasteiger partial charge in [-0.15, -0.1) is 12.4 Å². The number of methoxy groups -OCH3 is 1. The quantitative estimate of drug-likeness (QED) is 0.628. The van der Waals surface area contributed by atoms with E-state index in [0.717, 1.165) is 19.1 Å². The summed E-state index contributed by atoms with van der Waals surface area (Å²) in [6, 6.07) is 6.78. The Labute approximate surface area is 113 Å². The van der Waals surface area contributed by atoms with Gasteiger partial charge >= 0.3 is 0 Å². The molecule has 0 heterocycles. The Hall–Kier alpha value is -0.940. The van der Waals surface area contributed by atoms with Gasteiger partial charge in [0.25, 0.3) is 0 Å². The maximum Gasteiger partial charge on any atom is 0.168 e. The Balaban J connectivity index is 0.00000162. The highest BCUT2D eigenvalue weighted by molar-refractivity contribution is 5.85. The van der Waals surface area contributed by atoms with Crippen LogP contribution in [0.2, 0.25) is 0 Å². The Morgan fingerprint density at radius 2 is 2.00 bits per heavy atom. The van der Waals surface area contributed by atoms with E-state index < -0.39 is 11.8 Å². The Morgan fingerprint density at radius 1 is 1.44 bits per heavy atom. The van der Waals surface area contributed by atoms with Gasteiger partial charge < -0.3 is 9.84 Å². The third kappa shape index (κ3) is 2.72. The van der Waals surface area contributed by atoms with E-state index in [1.165, 1.54) is 7.11 Å². The van der Waals surface area contributed by atoms with Crippen LogP contribution in [-0.4, -0.2) is 24.6 Å². The molecule has 0 aromatic heterocycles. The predicted molar refractivity (Wildman–Crippen MR) is 70.7 cm³/mol. The zero-order chi connectivity index (χ0) is 12.5. The molecule has 1 aliphatic carbocycles. The first-order chi connectivity index (χ1) is 8.11. The molecular weight excluding hydrogens is 254 g/mol. The summed E-state index contributed by atoms with van der Waals surface area (Å²) < 4.78 is 5.30. The number of hydrogen-bond acceptors (Lipinski definition) is 4. The van der Waals surface area contributed by atoms with Crippen LogP contribution in [-0.2, 0) is 10.5 Å². The Bertz CT molecular complexity index is 405. The molecule has 0 bridgehead atoms. The van der Waals surface area contributed by atoms with Crippen molar-refractivity contribution in [3.8, 4) is 0 Å². The minimum atomic E-state index is -1.19. The second-order valence-corrected chi connectivity index (χ2v) is 4.52. The first-order valence-electron chi connectivity index (χ1n) is 5.69. The first kappa shape index (κ1) is 15.1. The predicted octanol–water partition coefficient (Wildman–Crippen LogP) is 1.45. The fraction of sp³-hybridized carbons (Fsp3) is 0.462. The fourth-order valence-corrected chi connectivity index (χ4v) is 1.99. The molecular formula is C13H18ClNO3. The van der Waals surface area contributed by atoms with Crippen molar-refractivity contribution < 1.29 is 14.6 Å².